The number of hydrogen-bond acceptors (Lipinski definition) is 2. The smallest absolute Gasteiger partial charge is 0.227 e. The van der Waals surface area contributed by atoms with Crippen LogP contribution in [0.2, 0.25) is 0 Å². The van der Waals surface area contributed by atoms with E-state index in [-0.39, 0.29) is 5.91 Å². The SMILES string of the molecule is Cc1nn(CCCC(=O)N2CCc3ccccc32)c(C)c1I. The lowest BCUT2D eigenvalue weighted by Crippen LogP contribution is -2.28. The molecule has 3 rings (SSSR count). The summed E-state index contributed by atoms with van der Waals surface area (Å²) in [4.78, 5) is 14.4. The Morgan fingerprint density at radius 1 is 1.32 bits per heavy atom. The number of nitrogens with zero attached hydrogens (tertiary/aromatic N) is 3. The number of benzene rings is 1. The molecule has 1 amide bonds. The van der Waals surface area contributed by atoms with Gasteiger partial charge in [-0.2, -0.15) is 5.10 Å². The van der Waals surface area contributed by atoms with Crippen LogP contribution >= 0.6 is 22.6 Å². The van der Waals surface area contributed by atoms with E-state index in [0.29, 0.717) is 6.42 Å². The Labute approximate surface area is 144 Å². The van der Waals surface area contributed by atoms with E-state index in [4.69, 9.17) is 0 Å². The van der Waals surface area contributed by atoms with Gasteiger partial charge in [-0.1, -0.05) is 18.2 Å². The Balaban J connectivity index is 1.58. The fourth-order valence-corrected chi connectivity index (χ4v) is 3.39. The molecule has 2 heterocycles. The molecular formula is C17H20IN3O. The maximum absolute atomic E-state index is 12.5. The van der Waals surface area contributed by atoms with Gasteiger partial charge < -0.3 is 4.90 Å². The van der Waals surface area contributed by atoms with Gasteiger partial charge >= 0.3 is 0 Å². The van der Waals surface area contributed by atoms with Gasteiger partial charge in [0.05, 0.1) is 9.26 Å². The van der Waals surface area contributed by atoms with Crippen molar-refractivity contribution in [3.63, 3.8) is 0 Å². The highest BCUT2D eigenvalue weighted by molar-refractivity contribution is 14.1. The molecule has 0 spiro atoms. The number of amides is 1. The molecule has 0 radical (unpaired) electrons. The van der Waals surface area contributed by atoms with Gasteiger partial charge in [-0.25, -0.2) is 0 Å². The topological polar surface area (TPSA) is 38.1 Å². The van der Waals surface area contributed by atoms with Crippen LogP contribution in [0.5, 0.6) is 0 Å². The molecule has 0 fully saturated rings. The summed E-state index contributed by atoms with van der Waals surface area (Å²) in [6.07, 6.45) is 2.37. The van der Waals surface area contributed by atoms with Crippen LogP contribution in [-0.2, 0) is 17.8 Å². The Morgan fingerprint density at radius 3 is 2.82 bits per heavy atom. The van der Waals surface area contributed by atoms with Crippen LogP contribution < -0.4 is 4.90 Å². The fraction of sp³-hybridized carbons (Fsp3) is 0.412. The average molecular weight is 409 g/mol. The minimum absolute atomic E-state index is 0.223. The zero-order chi connectivity index (χ0) is 15.7. The van der Waals surface area contributed by atoms with Crippen LogP contribution in [-0.4, -0.2) is 22.2 Å². The quantitative estimate of drug-likeness (QED) is 0.726. The largest absolute Gasteiger partial charge is 0.312 e. The summed E-state index contributed by atoms with van der Waals surface area (Å²) in [6.45, 7) is 5.73. The van der Waals surface area contributed by atoms with Crippen molar-refractivity contribution in [2.75, 3.05) is 11.4 Å². The first-order valence-corrected chi connectivity index (χ1v) is 8.73. The van der Waals surface area contributed by atoms with Crippen molar-refractivity contribution in [2.24, 2.45) is 0 Å². The number of aryl methyl sites for hydroxylation is 2. The minimum Gasteiger partial charge on any atom is -0.312 e. The van der Waals surface area contributed by atoms with E-state index < -0.39 is 0 Å². The molecule has 1 aromatic carbocycles. The molecule has 5 heteroatoms. The molecule has 0 saturated heterocycles. The molecule has 1 aliphatic heterocycles. The molecule has 2 aromatic rings. The fourth-order valence-electron chi connectivity index (χ4n) is 3.01. The van der Waals surface area contributed by atoms with E-state index in [1.54, 1.807) is 0 Å². The van der Waals surface area contributed by atoms with E-state index >= 15 is 0 Å². The van der Waals surface area contributed by atoms with Crippen LogP contribution in [0.15, 0.2) is 24.3 Å². The van der Waals surface area contributed by atoms with Crippen LogP contribution in [0.1, 0.15) is 29.8 Å². The van der Waals surface area contributed by atoms with Crippen LogP contribution in [0.25, 0.3) is 0 Å². The van der Waals surface area contributed by atoms with E-state index in [1.165, 1.54) is 14.8 Å². The van der Waals surface area contributed by atoms with Crippen molar-refractivity contribution in [1.29, 1.82) is 0 Å². The molecule has 0 saturated carbocycles. The van der Waals surface area contributed by atoms with Gasteiger partial charge in [-0.3, -0.25) is 9.48 Å². The van der Waals surface area contributed by atoms with E-state index in [9.17, 15) is 4.79 Å². The molecular weight excluding hydrogens is 389 g/mol. The lowest BCUT2D eigenvalue weighted by molar-refractivity contribution is -0.118. The normalized spacial score (nSPS) is 13.5. The highest BCUT2D eigenvalue weighted by Gasteiger charge is 2.23. The number of hydrogen-bond donors (Lipinski definition) is 0. The van der Waals surface area contributed by atoms with Crippen molar-refractivity contribution in [2.45, 2.75) is 39.7 Å². The van der Waals surface area contributed by atoms with Crippen LogP contribution in [0.4, 0.5) is 5.69 Å². The molecule has 116 valence electrons. The van der Waals surface area contributed by atoms with Crippen molar-refractivity contribution in [3.8, 4) is 0 Å². The lowest BCUT2D eigenvalue weighted by Gasteiger charge is -2.17. The maximum atomic E-state index is 12.5. The van der Waals surface area contributed by atoms with Crippen molar-refractivity contribution < 1.29 is 4.79 Å². The number of carbonyl (C=O) groups is 1. The van der Waals surface area contributed by atoms with E-state index in [1.807, 2.05) is 34.7 Å². The molecule has 0 N–H and O–H groups in total. The van der Waals surface area contributed by atoms with Gasteiger partial charge in [0.25, 0.3) is 0 Å². The van der Waals surface area contributed by atoms with Crippen LogP contribution in [0.3, 0.4) is 0 Å². The van der Waals surface area contributed by atoms with Crippen molar-refractivity contribution in [1.82, 2.24) is 9.78 Å². The molecule has 1 aromatic heterocycles. The highest BCUT2D eigenvalue weighted by atomic mass is 127. The zero-order valence-corrected chi connectivity index (χ0v) is 15.1. The summed E-state index contributed by atoms with van der Waals surface area (Å²) in [5, 5.41) is 4.52. The molecule has 0 aliphatic carbocycles. The zero-order valence-electron chi connectivity index (χ0n) is 13.0. The average Bonchev–Trinajstić information content (AvgIpc) is 3.05. The first-order chi connectivity index (χ1) is 10.6. The molecule has 4 nitrogen and oxygen atoms in total. The Morgan fingerprint density at radius 2 is 2.09 bits per heavy atom. The van der Waals surface area contributed by atoms with Gasteiger partial charge in [0.15, 0.2) is 0 Å². The number of carbonyl (C=O) groups excluding carboxylic acids is 1. The van der Waals surface area contributed by atoms with Gasteiger partial charge in [-0.05, 0) is 60.9 Å². The lowest BCUT2D eigenvalue weighted by atomic mass is 10.2. The maximum Gasteiger partial charge on any atom is 0.227 e. The van der Waals surface area contributed by atoms with E-state index in [2.05, 4.69) is 40.7 Å². The summed E-state index contributed by atoms with van der Waals surface area (Å²) in [5.74, 6) is 0.223. The number of fused-ring (bicyclic) bond motifs is 1. The second-order valence-electron chi connectivity index (χ2n) is 5.74. The Bertz CT molecular complexity index is 708. The monoisotopic (exact) mass is 409 g/mol. The Hall–Kier alpha value is -1.37. The molecule has 0 atom stereocenters. The predicted octanol–water partition coefficient (Wildman–Crippen LogP) is 3.47. The summed E-state index contributed by atoms with van der Waals surface area (Å²) in [5.41, 5.74) is 4.63. The first kappa shape index (κ1) is 15.5. The highest BCUT2D eigenvalue weighted by Crippen LogP contribution is 2.28. The molecule has 0 bridgehead atoms. The molecule has 1 aliphatic rings. The number of anilines is 1. The standard InChI is InChI=1S/C17H20IN3O/c1-12-17(18)13(2)21(19-12)10-5-8-16(22)20-11-9-14-6-3-4-7-15(14)20/h3-4,6-7H,5,8-11H2,1-2H3. The molecule has 22 heavy (non-hydrogen) atoms. The number of halogens is 1. The van der Waals surface area contributed by atoms with Gasteiger partial charge in [-0.15, -0.1) is 0 Å². The number of rotatable bonds is 4. The second-order valence-corrected chi connectivity index (χ2v) is 6.81. The number of aromatic nitrogens is 2. The van der Waals surface area contributed by atoms with Crippen molar-refractivity contribution in [3.05, 3.63) is 44.8 Å². The van der Waals surface area contributed by atoms with Gasteiger partial charge in [0.2, 0.25) is 5.91 Å². The number of para-hydroxylation sites is 1. The van der Waals surface area contributed by atoms with Gasteiger partial charge in [0.1, 0.15) is 0 Å². The summed E-state index contributed by atoms with van der Waals surface area (Å²) in [6, 6.07) is 8.20. The van der Waals surface area contributed by atoms with Crippen LogP contribution in [0, 0.1) is 17.4 Å². The third-order valence-corrected chi connectivity index (χ3v) is 5.80. The van der Waals surface area contributed by atoms with Crippen molar-refractivity contribution >= 4 is 34.2 Å². The third kappa shape index (κ3) is 2.91. The Kier molecular flexibility index (Phi) is 4.52. The third-order valence-electron chi connectivity index (χ3n) is 4.24. The summed E-state index contributed by atoms with van der Waals surface area (Å²) >= 11 is 2.33. The summed E-state index contributed by atoms with van der Waals surface area (Å²) in [7, 11) is 0. The first-order valence-electron chi connectivity index (χ1n) is 7.65. The second kappa shape index (κ2) is 6.40. The van der Waals surface area contributed by atoms with E-state index in [0.717, 1.165) is 37.3 Å². The van der Waals surface area contributed by atoms with Gasteiger partial charge in [0, 0.05) is 30.9 Å². The predicted molar refractivity (Wildman–Crippen MR) is 96.2 cm³/mol. The minimum atomic E-state index is 0.223. The summed E-state index contributed by atoms with van der Waals surface area (Å²) < 4.78 is 3.24. The molecule has 0 unspecified atom stereocenters.